The molecular formula is C19H21ClN2O2S. The molecule has 2 amide bonds. The first-order valence-corrected chi connectivity index (χ1v) is 9.81. The molecule has 1 saturated carbocycles. The van der Waals surface area contributed by atoms with E-state index < -0.39 is 0 Å². The Balaban J connectivity index is 1.43. The van der Waals surface area contributed by atoms with E-state index >= 15 is 0 Å². The highest BCUT2D eigenvalue weighted by Gasteiger charge is 2.33. The molecule has 2 aromatic rings. The number of carbonyl (C=O) groups is 2. The van der Waals surface area contributed by atoms with Crippen molar-refractivity contribution in [3.05, 3.63) is 57.2 Å². The third-order valence-electron chi connectivity index (χ3n) is 4.29. The van der Waals surface area contributed by atoms with E-state index in [1.807, 2.05) is 35.0 Å². The van der Waals surface area contributed by atoms with E-state index in [4.69, 9.17) is 11.6 Å². The summed E-state index contributed by atoms with van der Waals surface area (Å²) in [6.45, 7) is 0.497. The predicted octanol–water partition coefficient (Wildman–Crippen LogP) is 4.18. The van der Waals surface area contributed by atoms with Crippen molar-refractivity contribution in [2.45, 2.75) is 31.7 Å². The number of amides is 2. The van der Waals surface area contributed by atoms with E-state index in [-0.39, 0.29) is 17.9 Å². The molecular weight excluding hydrogens is 356 g/mol. The van der Waals surface area contributed by atoms with Crippen LogP contribution in [0.15, 0.2) is 41.1 Å². The summed E-state index contributed by atoms with van der Waals surface area (Å²) in [5, 5.41) is 10.4. The number of benzene rings is 1. The largest absolute Gasteiger partial charge is 0.352 e. The van der Waals surface area contributed by atoms with Crippen LogP contribution in [0.5, 0.6) is 0 Å². The maximum Gasteiger partial charge on any atom is 0.252 e. The highest BCUT2D eigenvalue weighted by Crippen LogP contribution is 2.41. The van der Waals surface area contributed by atoms with Crippen molar-refractivity contribution in [1.29, 1.82) is 0 Å². The summed E-state index contributed by atoms with van der Waals surface area (Å²) in [5.74, 6) is 0.457. The summed E-state index contributed by atoms with van der Waals surface area (Å²) >= 11 is 7.44. The van der Waals surface area contributed by atoms with Crippen molar-refractivity contribution in [3.8, 4) is 0 Å². The van der Waals surface area contributed by atoms with Crippen LogP contribution in [-0.2, 0) is 4.79 Å². The van der Waals surface area contributed by atoms with Crippen LogP contribution in [0.4, 0.5) is 0 Å². The van der Waals surface area contributed by atoms with Gasteiger partial charge in [0.25, 0.3) is 5.91 Å². The van der Waals surface area contributed by atoms with Gasteiger partial charge in [-0.1, -0.05) is 23.7 Å². The van der Waals surface area contributed by atoms with Crippen LogP contribution in [-0.4, -0.2) is 18.4 Å². The lowest BCUT2D eigenvalue weighted by molar-refractivity contribution is -0.122. The van der Waals surface area contributed by atoms with Gasteiger partial charge in [0.2, 0.25) is 5.91 Å². The zero-order valence-electron chi connectivity index (χ0n) is 13.8. The van der Waals surface area contributed by atoms with Crippen molar-refractivity contribution in [3.63, 3.8) is 0 Å². The maximum absolute atomic E-state index is 12.3. The zero-order chi connectivity index (χ0) is 17.6. The van der Waals surface area contributed by atoms with E-state index in [0.717, 1.165) is 18.4 Å². The lowest BCUT2D eigenvalue weighted by atomic mass is 10.0. The monoisotopic (exact) mass is 376 g/mol. The lowest BCUT2D eigenvalue weighted by Gasteiger charge is -2.19. The molecule has 1 unspecified atom stereocenters. The first-order chi connectivity index (χ1) is 12.1. The molecule has 1 aromatic heterocycles. The fourth-order valence-corrected chi connectivity index (χ4v) is 3.53. The number of hydrogen-bond donors (Lipinski definition) is 2. The number of rotatable bonds is 8. The van der Waals surface area contributed by atoms with Crippen LogP contribution in [0.2, 0.25) is 5.02 Å². The van der Waals surface area contributed by atoms with E-state index in [0.29, 0.717) is 35.9 Å². The highest BCUT2D eigenvalue weighted by atomic mass is 35.5. The number of thiophene rings is 1. The van der Waals surface area contributed by atoms with Gasteiger partial charge in [-0.05, 0) is 54.3 Å². The first-order valence-electron chi connectivity index (χ1n) is 8.48. The van der Waals surface area contributed by atoms with Crippen LogP contribution < -0.4 is 10.6 Å². The fraction of sp³-hybridized carbons (Fsp3) is 0.368. The number of carbonyl (C=O) groups excluding carboxylic acids is 2. The molecule has 3 rings (SSSR count). The molecule has 0 radical (unpaired) electrons. The van der Waals surface area contributed by atoms with Crippen molar-refractivity contribution >= 4 is 34.8 Å². The van der Waals surface area contributed by atoms with Gasteiger partial charge in [0, 0.05) is 28.9 Å². The van der Waals surface area contributed by atoms with Crippen LogP contribution in [0.1, 0.15) is 47.6 Å². The number of hydrogen-bond acceptors (Lipinski definition) is 3. The lowest BCUT2D eigenvalue weighted by Crippen LogP contribution is -2.31. The molecule has 1 aromatic carbocycles. The minimum absolute atomic E-state index is 0.0247. The van der Waals surface area contributed by atoms with Gasteiger partial charge >= 0.3 is 0 Å². The third kappa shape index (κ3) is 5.31. The molecule has 132 valence electrons. The summed E-state index contributed by atoms with van der Waals surface area (Å²) in [6, 6.07) is 9.53. The Morgan fingerprint density at radius 2 is 1.96 bits per heavy atom. The maximum atomic E-state index is 12.3. The van der Waals surface area contributed by atoms with Crippen LogP contribution in [0.3, 0.4) is 0 Å². The molecule has 1 fully saturated rings. The Bertz CT molecular complexity index is 712. The van der Waals surface area contributed by atoms with Gasteiger partial charge in [-0.15, -0.1) is 0 Å². The van der Waals surface area contributed by atoms with Crippen LogP contribution in [0, 0.1) is 5.92 Å². The van der Waals surface area contributed by atoms with Crippen molar-refractivity contribution < 1.29 is 9.59 Å². The van der Waals surface area contributed by atoms with Gasteiger partial charge in [0.1, 0.15) is 0 Å². The molecule has 6 heteroatoms. The summed E-state index contributed by atoms with van der Waals surface area (Å²) in [7, 11) is 0. The zero-order valence-corrected chi connectivity index (χ0v) is 15.4. The smallest absolute Gasteiger partial charge is 0.252 e. The number of halogens is 1. The Labute approximate surface area is 156 Å². The molecule has 4 nitrogen and oxygen atoms in total. The molecule has 1 aliphatic rings. The Morgan fingerprint density at radius 1 is 1.20 bits per heavy atom. The molecule has 1 atom stereocenters. The second kappa shape index (κ2) is 8.50. The van der Waals surface area contributed by atoms with Crippen molar-refractivity contribution in [2.75, 3.05) is 6.54 Å². The van der Waals surface area contributed by atoms with Crippen LogP contribution >= 0.6 is 22.9 Å². The summed E-state index contributed by atoms with van der Waals surface area (Å²) < 4.78 is 0. The van der Waals surface area contributed by atoms with Crippen molar-refractivity contribution in [1.82, 2.24) is 10.6 Å². The second-order valence-corrected chi connectivity index (χ2v) is 7.52. The average molecular weight is 377 g/mol. The minimum atomic E-state index is -0.0846. The SMILES string of the molecule is O=C(CCCNC(=O)c1ccsc1)NC(c1ccc(Cl)cc1)C1CC1. The van der Waals surface area contributed by atoms with Crippen LogP contribution in [0.25, 0.3) is 0 Å². The average Bonchev–Trinajstić information content (AvgIpc) is 3.30. The third-order valence-corrected chi connectivity index (χ3v) is 5.22. The van der Waals surface area contributed by atoms with Gasteiger partial charge in [-0.2, -0.15) is 11.3 Å². The van der Waals surface area contributed by atoms with Gasteiger partial charge < -0.3 is 10.6 Å². The second-order valence-electron chi connectivity index (χ2n) is 6.31. The molecule has 0 saturated heterocycles. The van der Waals surface area contributed by atoms with Gasteiger partial charge in [0.05, 0.1) is 6.04 Å². The van der Waals surface area contributed by atoms with E-state index in [1.165, 1.54) is 11.3 Å². The molecule has 0 aliphatic heterocycles. The standard InChI is InChI=1S/C19H21ClN2O2S/c20-16-7-5-14(6-8-16)18(13-3-4-13)22-17(23)2-1-10-21-19(24)15-9-11-25-12-15/h5-9,11-13,18H,1-4,10H2,(H,21,24)(H,22,23). The molecule has 0 bridgehead atoms. The summed E-state index contributed by atoms with van der Waals surface area (Å²) in [4.78, 5) is 24.1. The van der Waals surface area contributed by atoms with E-state index in [9.17, 15) is 9.59 Å². The Hall–Kier alpha value is -1.85. The quantitative estimate of drug-likeness (QED) is 0.679. The van der Waals surface area contributed by atoms with Gasteiger partial charge in [-0.3, -0.25) is 9.59 Å². The normalized spacial score (nSPS) is 14.8. The van der Waals surface area contributed by atoms with Gasteiger partial charge in [-0.25, -0.2) is 0 Å². The molecule has 1 aliphatic carbocycles. The highest BCUT2D eigenvalue weighted by molar-refractivity contribution is 7.08. The molecule has 2 N–H and O–H groups in total. The minimum Gasteiger partial charge on any atom is -0.352 e. The van der Waals surface area contributed by atoms with E-state index in [2.05, 4.69) is 10.6 Å². The van der Waals surface area contributed by atoms with Gasteiger partial charge in [0.15, 0.2) is 0 Å². The topological polar surface area (TPSA) is 58.2 Å². The Kier molecular flexibility index (Phi) is 6.10. The number of nitrogens with one attached hydrogen (secondary N) is 2. The first kappa shape index (κ1) is 18.0. The summed E-state index contributed by atoms with van der Waals surface area (Å²) in [5.41, 5.74) is 1.77. The Morgan fingerprint density at radius 3 is 2.60 bits per heavy atom. The molecule has 1 heterocycles. The van der Waals surface area contributed by atoms with Crippen molar-refractivity contribution in [2.24, 2.45) is 5.92 Å². The molecule has 25 heavy (non-hydrogen) atoms. The molecule has 0 spiro atoms. The van der Waals surface area contributed by atoms with E-state index in [1.54, 1.807) is 6.07 Å². The fourth-order valence-electron chi connectivity index (χ4n) is 2.77. The summed E-state index contributed by atoms with van der Waals surface area (Å²) in [6.07, 6.45) is 3.31. The predicted molar refractivity (Wildman–Crippen MR) is 101 cm³/mol.